The number of methoxy groups -OCH3 is 1. The first-order valence-electron chi connectivity index (χ1n) is 14.4. The van der Waals surface area contributed by atoms with Crippen LogP contribution >= 0.6 is 11.8 Å². The van der Waals surface area contributed by atoms with Gasteiger partial charge in [0.25, 0.3) is 0 Å². The molecule has 0 aliphatic heterocycles. The highest BCUT2D eigenvalue weighted by Crippen LogP contribution is 2.38. The van der Waals surface area contributed by atoms with Gasteiger partial charge in [-0.2, -0.15) is 0 Å². The maximum atomic E-state index is 13.2. The number of carbonyl (C=O) groups is 2. The van der Waals surface area contributed by atoms with Crippen molar-refractivity contribution in [1.29, 1.82) is 0 Å². The van der Waals surface area contributed by atoms with Crippen LogP contribution in [0.4, 0.5) is 0 Å². The summed E-state index contributed by atoms with van der Waals surface area (Å²) in [6, 6.07) is 29.3. The number of nitrogens with zero attached hydrogens (tertiary/aromatic N) is 1. The number of nitrogens with one attached hydrogen (secondary N) is 2. The Kier molecular flexibility index (Phi) is 10.1. The largest absolute Gasteiger partial charge is 0.496 e. The zero-order chi connectivity index (χ0) is 30.9. The van der Waals surface area contributed by atoms with Crippen molar-refractivity contribution in [2.75, 3.05) is 19.9 Å². The molecule has 0 bridgehead atoms. The van der Waals surface area contributed by atoms with E-state index in [1.165, 1.54) is 11.8 Å². The highest BCUT2D eigenvalue weighted by atomic mass is 32.2. The van der Waals surface area contributed by atoms with Gasteiger partial charge in [0.05, 0.1) is 19.1 Å². The minimum atomic E-state index is -0.723. The number of aromatic nitrogens is 1. The standard InChI is InChI=1S/C36H35N3O4S/c1-24-13-14-26(18-32(24)42-3)17-31(36(41)37-2)39-34(40)23-44-33-16-15-27-11-7-8-12-30(27)35(33)28-19-29(21-38-20-28)43-22-25-9-5-4-6-10-25/h4-16,18-21,31H,17,22-23H2,1-3H3,(H,37,41)(H,39,40). The van der Waals surface area contributed by atoms with Gasteiger partial charge in [-0.05, 0) is 52.6 Å². The first-order valence-corrected chi connectivity index (χ1v) is 15.3. The molecular weight excluding hydrogens is 570 g/mol. The Balaban J connectivity index is 1.35. The molecule has 7 nitrogen and oxygen atoms in total. The van der Waals surface area contributed by atoms with Crippen LogP contribution in [-0.2, 0) is 22.6 Å². The fourth-order valence-corrected chi connectivity index (χ4v) is 5.94. The number of likely N-dealkylation sites (N-methyl/N-ethyl adjacent to an activating group) is 1. The fraction of sp³-hybridized carbons (Fsp3) is 0.194. The molecule has 0 saturated heterocycles. The Morgan fingerprint density at radius 1 is 0.909 bits per heavy atom. The van der Waals surface area contributed by atoms with Gasteiger partial charge in [0.2, 0.25) is 11.8 Å². The molecule has 0 aliphatic rings. The van der Waals surface area contributed by atoms with Gasteiger partial charge in [0, 0.05) is 35.7 Å². The summed E-state index contributed by atoms with van der Waals surface area (Å²) in [6.45, 7) is 2.40. The number of aryl methyl sites for hydroxylation is 1. The van der Waals surface area contributed by atoms with Crippen molar-refractivity contribution in [3.63, 3.8) is 0 Å². The van der Waals surface area contributed by atoms with E-state index in [2.05, 4.69) is 33.8 Å². The van der Waals surface area contributed by atoms with Gasteiger partial charge in [-0.15, -0.1) is 11.8 Å². The zero-order valence-corrected chi connectivity index (χ0v) is 25.8. The molecule has 44 heavy (non-hydrogen) atoms. The van der Waals surface area contributed by atoms with Crippen LogP contribution in [0, 0.1) is 6.92 Å². The van der Waals surface area contributed by atoms with Crippen LogP contribution in [0.5, 0.6) is 11.5 Å². The number of pyridine rings is 1. The number of carbonyl (C=O) groups excluding carboxylic acids is 2. The number of fused-ring (bicyclic) bond motifs is 1. The van der Waals surface area contributed by atoms with Gasteiger partial charge in [-0.1, -0.05) is 72.8 Å². The lowest BCUT2D eigenvalue weighted by Crippen LogP contribution is -2.47. The Morgan fingerprint density at radius 2 is 1.70 bits per heavy atom. The second kappa shape index (κ2) is 14.6. The van der Waals surface area contributed by atoms with Gasteiger partial charge in [-0.25, -0.2) is 0 Å². The number of rotatable bonds is 12. The van der Waals surface area contributed by atoms with E-state index in [4.69, 9.17) is 9.47 Å². The molecule has 0 fully saturated rings. The molecule has 2 N–H and O–H groups in total. The molecule has 0 saturated carbocycles. The molecule has 0 radical (unpaired) electrons. The van der Waals surface area contributed by atoms with E-state index < -0.39 is 6.04 Å². The number of hydrogen-bond donors (Lipinski definition) is 2. The van der Waals surface area contributed by atoms with Crippen LogP contribution in [0.3, 0.4) is 0 Å². The molecule has 2 amide bonds. The minimum Gasteiger partial charge on any atom is -0.496 e. The molecule has 5 rings (SSSR count). The lowest BCUT2D eigenvalue weighted by Gasteiger charge is -2.19. The third kappa shape index (κ3) is 7.57. The average Bonchev–Trinajstić information content (AvgIpc) is 3.06. The summed E-state index contributed by atoms with van der Waals surface area (Å²) >= 11 is 1.42. The van der Waals surface area contributed by atoms with Crippen molar-refractivity contribution in [2.45, 2.75) is 30.9 Å². The third-order valence-electron chi connectivity index (χ3n) is 7.31. The third-order valence-corrected chi connectivity index (χ3v) is 8.37. The summed E-state index contributed by atoms with van der Waals surface area (Å²) in [5.41, 5.74) is 4.84. The molecule has 224 valence electrons. The Bertz CT molecular complexity index is 1760. The second-order valence-corrected chi connectivity index (χ2v) is 11.4. The van der Waals surface area contributed by atoms with Crippen LogP contribution in [0.15, 0.2) is 108 Å². The Labute approximate surface area is 262 Å². The highest BCUT2D eigenvalue weighted by Gasteiger charge is 2.21. The summed E-state index contributed by atoms with van der Waals surface area (Å²) in [6.07, 6.45) is 3.87. The van der Waals surface area contributed by atoms with Crippen LogP contribution in [0.2, 0.25) is 0 Å². The Hall–Kier alpha value is -4.82. The molecule has 1 unspecified atom stereocenters. The van der Waals surface area contributed by atoms with Crippen LogP contribution in [-0.4, -0.2) is 42.8 Å². The predicted molar refractivity (Wildman–Crippen MR) is 176 cm³/mol. The molecule has 1 aromatic heterocycles. The minimum absolute atomic E-state index is 0.133. The number of hydrogen-bond acceptors (Lipinski definition) is 6. The Morgan fingerprint density at radius 3 is 2.50 bits per heavy atom. The van der Waals surface area contributed by atoms with Crippen LogP contribution in [0.25, 0.3) is 21.9 Å². The molecule has 0 spiro atoms. The molecule has 1 heterocycles. The fourth-order valence-electron chi connectivity index (χ4n) is 5.03. The van der Waals surface area contributed by atoms with Gasteiger partial charge < -0.3 is 20.1 Å². The van der Waals surface area contributed by atoms with E-state index in [0.717, 1.165) is 49.2 Å². The SMILES string of the molecule is CNC(=O)C(Cc1ccc(C)c(OC)c1)NC(=O)CSc1ccc2ccccc2c1-c1cncc(OCc2ccccc2)c1. The van der Waals surface area contributed by atoms with Gasteiger partial charge in [-0.3, -0.25) is 14.6 Å². The molecule has 0 aliphatic carbocycles. The summed E-state index contributed by atoms with van der Waals surface area (Å²) < 4.78 is 11.5. The summed E-state index contributed by atoms with van der Waals surface area (Å²) in [5, 5.41) is 7.74. The molecule has 8 heteroatoms. The second-order valence-electron chi connectivity index (χ2n) is 10.4. The zero-order valence-electron chi connectivity index (χ0n) is 25.0. The highest BCUT2D eigenvalue weighted by molar-refractivity contribution is 8.00. The normalized spacial score (nSPS) is 11.5. The maximum absolute atomic E-state index is 13.2. The van der Waals surface area contributed by atoms with E-state index in [1.807, 2.05) is 85.9 Å². The molecule has 5 aromatic rings. The monoisotopic (exact) mass is 605 g/mol. The van der Waals surface area contributed by atoms with E-state index in [-0.39, 0.29) is 17.6 Å². The van der Waals surface area contributed by atoms with Crippen molar-refractivity contribution in [3.05, 3.63) is 120 Å². The van der Waals surface area contributed by atoms with E-state index in [1.54, 1.807) is 20.4 Å². The predicted octanol–water partition coefficient (Wildman–Crippen LogP) is 6.36. The number of ether oxygens (including phenoxy) is 2. The number of amides is 2. The number of thioether (sulfide) groups is 1. The van der Waals surface area contributed by atoms with Crippen molar-refractivity contribution >= 4 is 34.3 Å². The van der Waals surface area contributed by atoms with Crippen molar-refractivity contribution < 1.29 is 19.1 Å². The van der Waals surface area contributed by atoms with Gasteiger partial charge in [0.1, 0.15) is 24.1 Å². The first-order chi connectivity index (χ1) is 21.4. The molecule has 4 aromatic carbocycles. The van der Waals surface area contributed by atoms with Gasteiger partial charge >= 0.3 is 0 Å². The van der Waals surface area contributed by atoms with Crippen molar-refractivity contribution in [1.82, 2.24) is 15.6 Å². The summed E-state index contributed by atoms with van der Waals surface area (Å²) in [4.78, 5) is 31.4. The number of benzene rings is 4. The lowest BCUT2D eigenvalue weighted by atomic mass is 9.99. The summed E-state index contributed by atoms with van der Waals surface area (Å²) in [7, 11) is 3.19. The average molecular weight is 606 g/mol. The van der Waals surface area contributed by atoms with E-state index >= 15 is 0 Å². The van der Waals surface area contributed by atoms with Crippen molar-refractivity contribution in [3.8, 4) is 22.6 Å². The maximum Gasteiger partial charge on any atom is 0.242 e. The quantitative estimate of drug-likeness (QED) is 0.161. The van der Waals surface area contributed by atoms with E-state index in [9.17, 15) is 9.59 Å². The first kappa shape index (κ1) is 30.6. The van der Waals surface area contributed by atoms with E-state index in [0.29, 0.717) is 18.8 Å². The lowest BCUT2D eigenvalue weighted by molar-refractivity contribution is -0.127. The summed E-state index contributed by atoms with van der Waals surface area (Å²) in [5.74, 6) is 1.04. The topological polar surface area (TPSA) is 89.6 Å². The molecular formula is C36H35N3O4S. The van der Waals surface area contributed by atoms with Crippen molar-refractivity contribution in [2.24, 2.45) is 0 Å². The molecule has 1 atom stereocenters. The van der Waals surface area contributed by atoms with Gasteiger partial charge in [0.15, 0.2) is 0 Å². The smallest absolute Gasteiger partial charge is 0.242 e. The van der Waals surface area contributed by atoms with Crippen LogP contribution < -0.4 is 20.1 Å². The van der Waals surface area contributed by atoms with Crippen LogP contribution in [0.1, 0.15) is 16.7 Å².